The van der Waals surface area contributed by atoms with E-state index in [0.29, 0.717) is 22.0 Å². The smallest absolute Gasteiger partial charge is 0.329 e. The Morgan fingerprint density at radius 2 is 1.95 bits per heavy atom. The first-order chi connectivity index (χ1) is 8.78. The van der Waals surface area contributed by atoms with Gasteiger partial charge < -0.3 is 10.4 Å². The second kappa shape index (κ2) is 6.26. The summed E-state index contributed by atoms with van der Waals surface area (Å²) in [5.74, 6) is -1.43. The van der Waals surface area contributed by atoms with Crippen LogP contribution in [0.15, 0.2) is 18.2 Å². The van der Waals surface area contributed by atoms with Crippen molar-refractivity contribution in [2.75, 3.05) is 0 Å². The fourth-order valence-electron chi connectivity index (χ4n) is 1.48. The summed E-state index contributed by atoms with van der Waals surface area (Å²) >= 11 is 11.6. The van der Waals surface area contributed by atoms with Gasteiger partial charge in [0.15, 0.2) is 0 Å². The first kappa shape index (κ1) is 15.8. The number of carboxylic acids is 1. The number of hydrogen-bond acceptors (Lipinski definition) is 2. The highest BCUT2D eigenvalue weighted by Gasteiger charge is 2.32. The molecule has 19 heavy (non-hydrogen) atoms. The molecule has 0 aromatic heterocycles. The Labute approximate surface area is 121 Å². The highest BCUT2D eigenvalue weighted by Crippen LogP contribution is 2.22. The van der Waals surface area contributed by atoms with Gasteiger partial charge in [-0.15, -0.1) is 0 Å². The van der Waals surface area contributed by atoms with E-state index in [-0.39, 0.29) is 12.3 Å². The van der Waals surface area contributed by atoms with Crippen molar-refractivity contribution in [3.05, 3.63) is 33.8 Å². The maximum atomic E-state index is 11.8. The molecule has 1 aromatic carbocycles. The number of benzene rings is 1. The molecule has 0 aliphatic rings. The molecule has 0 radical (unpaired) electrons. The predicted octanol–water partition coefficient (Wildman–Crippen LogP) is 2.91. The summed E-state index contributed by atoms with van der Waals surface area (Å²) in [4.78, 5) is 22.9. The zero-order valence-electron chi connectivity index (χ0n) is 10.7. The van der Waals surface area contributed by atoms with Crippen LogP contribution in [0, 0.1) is 0 Å². The van der Waals surface area contributed by atoms with Gasteiger partial charge in [-0.1, -0.05) is 36.2 Å². The molecule has 6 heteroatoms. The van der Waals surface area contributed by atoms with Crippen LogP contribution in [0.2, 0.25) is 10.0 Å². The van der Waals surface area contributed by atoms with E-state index in [2.05, 4.69) is 5.32 Å². The lowest BCUT2D eigenvalue weighted by Crippen LogP contribution is -2.52. The number of aliphatic carboxylic acids is 1. The number of carbonyl (C=O) groups is 2. The van der Waals surface area contributed by atoms with Crippen LogP contribution < -0.4 is 5.32 Å². The van der Waals surface area contributed by atoms with Crippen molar-refractivity contribution in [1.82, 2.24) is 5.32 Å². The number of carbonyl (C=O) groups excluding carboxylic acids is 1. The fourth-order valence-corrected chi connectivity index (χ4v) is 1.80. The van der Waals surface area contributed by atoms with E-state index in [1.807, 2.05) is 0 Å². The summed E-state index contributed by atoms with van der Waals surface area (Å²) in [5.41, 5.74) is -0.580. The van der Waals surface area contributed by atoms with Crippen molar-refractivity contribution in [3.8, 4) is 0 Å². The molecule has 2 N–H and O–H groups in total. The predicted molar refractivity (Wildman–Crippen MR) is 74.6 cm³/mol. The Balaban J connectivity index is 2.75. The second-order valence-electron chi connectivity index (χ2n) is 4.46. The molecule has 0 saturated carbocycles. The van der Waals surface area contributed by atoms with Gasteiger partial charge in [-0.3, -0.25) is 4.79 Å². The average molecular weight is 304 g/mol. The van der Waals surface area contributed by atoms with E-state index >= 15 is 0 Å². The van der Waals surface area contributed by atoms with Crippen molar-refractivity contribution >= 4 is 35.1 Å². The number of rotatable bonds is 5. The maximum Gasteiger partial charge on any atom is 0.329 e. The van der Waals surface area contributed by atoms with Gasteiger partial charge in [-0.2, -0.15) is 0 Å². The molecule has 0 fully saturated rings. The van der Waals surface area contributed by atoms with Crippen LogP contribution in [0.1, 0.15) is 25.8 Å². The molecule has 0 aliphatic carbocycles. The van der Waals surface area contributed by atoms with Crippen LogP contribution in [0.25, 0.3) is 0 Å². The molecule has 0 saturated heterocycles. The summed E-state index contributed by atoms with van der Waals surface area (Å²) in [7, 11) is 0. The monoisotopic (exact) mass is 303 g/mol. The lowest BCUT2D eigenvalue weighted by molar-refractivity contribution is -0.146. The normalized spacial score (nSPS) is 13.7. The van der Waals surface area contributed by atoms with Crippen molar-refractivity contribution in [2.24, 2.45) is 0 Å². The molecule has 4 nitrogen and oxygen atoms in total. The quantitative estimate of drug-likeness (QED) is 0.879. The molecule has 1 aromatic rings. The largest absolute Gasteiger partial charge is 0.480 e. The molecule has 104 valence electrons. The Kier molecular flexibility index (Phi) is 5.20. The van der Waals surface area contributed by atoms with Crippen molar-refractivity contribution < 1.29 is 14.7 Å². The molecule has 1 rings (SSSR count). The van der Waals surface area contributed by atoms with Crippen LogP contribution in [0.3, 0.4) is 0 Å². The van der Waals surface area contributed by atoms with Crippen LogP contribution in [0.4, 0.5) is 0 Å². The van der Waals surface area contributed by atoms with E-state index in [9.17, 15) is 9.59 Å². The number of amides is 1. The van der Waals surface area contributed by atoms with Gasteiger partial charge in [0, 0.05) is 0 Å². The third kappa shape index (κ3) is 4.11. The molecule has 1 unspecified atom stereocenters. The Morgan fingerprint density at radius 3 is 2.42 bits per heavy atom. The number of nitrogens with one attached hydrogen (secondary N) is 1. The first-order valence-electron chi connectivity index (χ1n) is 5.77. The van der Waals surface area contributed by atoms with Gasteiger partial charge in [0.1, 0.15) is 5.54 Å². The number of halogens is 2. The van der Waals surface area contributed by atoms with Crippen molar-refractivity contribution in [3.63, 3.8) is 0 Å². The van der Waals surface area contributed by atoms with Crippen LogP contribution in [-0.2, 0) is 16.0 Å². The summed E-state index contributed by atoms with van der Waals surface area (Å²) in [5, 5.41) is 12.4. The SMILES string of the molecule is CCC(C)(NC(=O)Cc1ccc(Cl)c(Cl)c1)C(=O)O. The lowest BCUT2D eigenvalue weighted by atomic mass is 9.98. The molecular formula is C13H15Cl2NO3. The zero-order chi connectivity index (χ0) is 14.6. The summed E-state index contributed by atoms with van der Waals surface area (Å²) < 4.78 is 0. The van der Waals surface area contributed by atoms with Crippen LogP contribution >= 0.6 is 23.2 Å². The lowest BCUT2D eigenvalue weighted by Gasteiger charge is -2.24. The Bertz CT molecular complexity index is 505. The molecule has 0 heterocycles. The third-order valence-corrected chi connectivity index (χ3v) is 3.68. The van der Waals surface area contributed by atoms with Gasteiger partial charge >= 0.3 is 5.97 Å². The highest BCUT2D eigenvalue weighted by molar-refractivity contribution is 6.42. The zero-order valence-corrected chi connectivity index (χ0v) is 12.2. The molecule has 0 bridgehead atoms. The van der Waals surface area contributed by atoms with Crippen LogP contribution in [0.5, 0.6) is 0 Å². The Morgan fingerprint density at radius 1 is 1.32 bits per heavy atom. The second-order valence-corrected chi connectivity index (χ2v) is 5.28. The standard InChI is InChI=1S/C13H15Cl2NO3/c1-3-13(2,12(18)19)16-11(17)7-8-4-5-9(14)10(15)6-8/h4-6H,3,7H2,1-2H3,(H,16,17)(H,18,19). The molecule has 0 aliphatic heterocycles. The van der Waals surface area contributed by atoms with E-state index in [1.54, 1.807) is 25.1 Å². The molecule has 1 atom stereocenters. The van der Waals surface area contributed by atoms with Gasteiger partial charge in [-0.05, 0) is 31.0 Å². The van der Waals surface area contributed by atoms with Crippen molar-refractivity contribution in [1.29, 1.82) is 0 Å². The Hall–Kier alpha value is -1.26. The summed E-state index contributed by atoms with van der Waals surface area (Å²) in [6, 6.07) is 4.87. The summed E-state index contributed by atoms with van der Waals surface area (Å²) in [6.45, 7) is 3.18. The fraction of sp³-hybridized carbons (Fsp3) is 0.385. The molecule has 0 spiro atoms. The minimum atomic E-state index is -1.26. The summed E-state index contributed by atoms with van der Waals surface area (Å²) in [6.07, 6.45) is 0.356. The maximum absolute atomic E-state index is 11.8. The van der Waals surface area contributed by atoms with Gasteiger partial charge in [0.25, 0.3) is 0 Å². The number of hydrogen-bond donors (Lipinski definition) is 2. The van der Waals surface area contributed by atoms with E-state index in [0.717, 1.165) is 0 Å². The first-order valence-corrected chi connectivity index (χ1v) is 6.52. The van der Waals surface area contributed by atoms with Crippen molar-refractivity contribution in [2.45, 2.75) is 32.2 Å². The van der Waals surface area contributed by atoms with E-state index in [1.165, 1.54) is 6.92 Å². The van der Waals surface area contributed by atoms with Crippen LogP contribution in [-0.4, -0.2) is 22.5 Å². The van der Waals surface area contributed by atoms with Gasteiger partial charge in [0.05, 0.1) is 16.5 Å². The third-order valence-electron chi connectivity index (χ3n) is 2.94. The number of carboxylic acid groups (broad SMARTS) is 1. The minimum absolute atomic E-state index is 0.0553. The minimum Gasteiger partial charge on any atom is -0.480 e. The molecular weight excluding hydrogens is 289 g/mol. The van der Waals surface area contributed by atoms with E-state index in [4.69, 9.17) is 28.3 Å². The topological polar surface area (TPSA) is 66.4 Å². The molecule has 1 amide bonds. The highest BCUT2D eigenvalue weighted by atomic mass is 35.5. The average Bonchev–Trinajstić information content (AvgIpc) is 2.33. The van der Waals surface area contributed by atoms with Gasteiger partial charge in [-0.25, -0.2) is 4.79 Å². The van der Waals surface area contributed by atoms with Gasteiger partial charge in [0.2, 0.25) is 5.91 Å². The van der Waals surface area contributed by atoms with E-state index < -0.39 is 11.5 Å².